The molecule has 0 saturated carbocycles. The largest absolute Gasteiger partial charge is 0.339 e. The Labute approximate surface area is 159 Å². The van der Waals surface area contributed by atoms with Crippen LogP contribution in [0.2, 0.25) is 0 Å². The molecule has 3 amide bonds. The molecule has 0 aliphatic carbocycles. The van der Waals surface area contributed by atoms with Gasteiger partial charge in [0.15, 0.2) is 0 Å². The second kappa shape index (κ2) is 7.39. The van der Waals surface area contributed by atoms with Crippen LogP contribution in [0.15, 0.2) is 42.7 Å². The van der Waals surface area contributed by atoms with E-state index >= 15 is 0 Å². The number of nitrogens with zero attached hydrogens (tertiary/aromatic N) is 3. The highest BCUT2D eigenvalue weighted by molar-refractivity contribution is 5.99. The summed E-state index contributed by atoms with van der Waals surface area (Å²) in [6.45, 7) is 4.74. The highest BCUT2D eigenvalue weighted by Gasteiger charge is 2.27. The van der Waals surface area contributed by atoms with Gasteiger partial charge in [0.25, 0.3) is 5.91 Å². The van der Waals surface area contributed by atoms with Gasteiger partial charge in [0, 0.05) is 49.8 Å². The number of hydrogen-bond acceptors (Lipinski definition) is 3. The number of hydrogen-bond donors (Lipinski definition) is 1. The van der Waals surface area contributed by atoms with Crippen molar-refractivity contribution in [1.29, 1.82) is 0 Å². The Bertz CT molecular complexity index is 845. The van der Waals surface area contributed by atoms with E-state index in [-0.39, 0.29) is 11.9 Å². The molecule has 0 unspecified atom stereocenters. The van der Waals surface area contributed by atoms with E-state index in [1.807, 2.05) is 42.4 Å². The quantitative estimate of drug-likeness (QED) is 0.911. The summed E-state index contributed by atoms with van der Waals surface area (Å²) in [5.41, 5.74) is 3.77. The summed E-state index contributed by atoms with van der Waals surface area (Å²) in [6.07, 6.45) is 5.58. The third kappa shape index (κ3) is 3.52. The Kier molecular flexibility index (Phi) is 4.79. The highest BCUT2D eigenvalue weighted by atomic mass is 16.2. The van der Waals surface area contributed by atoms with Crippen LogP contribution in [0.5, 0.6) is 0 Å². The van der Waals surface area contributed by atoms with E-state index in [0.29, 0.717) is 24.6 Å². The van der Waals surface area contributed by atoms with Crippen molar-refractivity contribution in [3.63, 3.8) is 0 Å². The van der Waals surface area contributed by atoms with Crippen LogP contribution in [-0.2, 0) is 0 Å². The normalized spacial score (nSPS) is 17.9. The van der Waals surface area contributed by atoms with Crippen molar-refractivity contribution in [3.05, 3.63) is 59.4 Å². The van der Waals surface area contributed by atoms with Crippen molar-refractivity contribution in [2.75, 3.05) is 31.1 Å². The lowest BCUT2D eigenvalue weighted by atomic mass is 9.90. The summed E-state index contributed by atoms with van der Waals surface area (Å²) in [5.74, 6) is 0.531. The molecule has 2 aliphatic heterocycles. The Morgan fingerprint density at radius 3 is 2.52 bits per heavy atom. The SMILES string of the molecule is Cc1ccc(C(=O)N2CCC(c3ccncc3)CC2)cc1N1CCNC1=O. The first kappa shape index (κ1) is 17.5. The number of piperidine rings is 1. The summed E-state index contributed by atoms with van der Waals surface area (Å²) in [6, 6.07) is 9.69. The second-order valence-corrected chi connectivity index (χ2v) is 7.23. The Morgan fingerprint density at radius 1 is 1.11 bits per heavy atom. The molecule has 1 N–H and O–H groups in total. The Morgan fingerprint density at radius 2 is 1.85 bits per heavy atom. The van der Waals surface area contributed by atoms with Gasteiger partial charge in [-0.15, -0.1) is 0 Å². The fourth-order valence-electron chi connectivity index (χ4n) is 3.97. The van der Waals surface area contributed by atoms with E-state index < -0.39 is 0 Å². The lowest BCUT2D eigenvalue weighted by Gasteiger charge is -2.32. The first-order chi connectivity index (χ1) is 13.1. The number of carbonyl (C=O) groups excluding carboxylic acids is 2. The number of amides is 3. The zero-order valence-corrected chi connectivity index (χ0v) is 15.5. The molecule has 1 aromatic carbocycles. The molecule has 2 aliphatic rings. The molecule has 6 nitrogen and oxygen atoms in total. The molecular weight excluding hydrogens is 340 g/mol. The number of nitrogens with one attached hydrogen (secondary N) is 1. The minimum Gasteiger partial charge on any atom is -0.339 e. The van der Waals surface area contributed by atoms with Gasteiger partial charge in [-0.2, -0.15) is 0 Å². The van der Waals surface area contributed by atoms with Crippen LogP contribution < -0.4 is 10.2 Å². The van der Waals surface area contributed by atoms with E-state index in [0.717, 1.165) is 37.2 Å². The van der Waals surface area contributed by atoms with E-state index in [2.05, 4.69) is 22.4 Å². The first-order valence-electron chi connectivity index (χ1n) is 9.48. The van der Waals surface area contributed by atoms with Crippen molar-refractivity contribution in [2.45, 2.75) is 25.7 Å². The molecule has 27 heavy (non-hydrogen) atoms. The minimum atomic E-state index is -0.0964. The fraction of sp³-hybridized carbons (Fsp3) is 0.381. The number of urea groups is 1. The van der Waals surface area contributed by atoms with Gasteiger partial charge in [-0.05, 0) is 61.1 Å². The van der Waals surface area contributed by atoms with Gasteiger partial charge in [0.2, 0.25) is 0 Å². The zero-order chi connectivity index (χ0) is 18.8. The first-order valence-corrected chi connectivity index (χ1v) is 9.48. The standard InChI is InChI=1S/C21H24N4O2/c1-15-2-3-18(14-19(15)25-13-10-23-21(25)27)20(26)24-11-6-17(7-12-24)16-4-8-22-9-5-16/h2-5,8-9,14,17H,6-7,10-13H2,1H3,(H,23,27). The summed E-state index contributed by atoms with van der Waals surface area (Å²) in [7, 11) is 0. The number of rotatable bonds is 3. The maximum atomic E-state index is 13.0. The molecule has 0 radical (unpaired) electrons. The summed E-state index contributed by atoms with van der Waals surface area (Å²) >= 11 is 0. The molecule has 2 aromatic rings. The van der Waals surface area contributed by atoms with Crippen molar-refractivity contribution >= 4 is 17.6 Å². The van der Waals surface area contributed by atoms with E-state index in [1.54, 1.807) is 4.90 Å². The number of likely N-dealkylation sites (tertiary alicyclic amines) is 1. The van der Waals surface area contributed by atoms with E-state index in [9.17, 15) is 9.59 Å². The minimum absolute atomic E-state index is 0.0454. The van der Waals surface area contributed by atoms with Crippen LogP contribution in [0.1, 0.15) is 40.2 Å². The average molecular weight is 364 g/mol. The van der Waals surface area contributed by atoms with Gasteiger partial charge in [0.1, 0.15) is 0 Å². The Balaban J connectivity index is 1.47. The molecule has 2 fully saturated rings. The predicted molar refractivity (Wildman–Crippen MR) is 104 cm³/mol. The number of aromatic nitrogens is 1. The molecule has 2 saturated heterocycles. The van der Waals surface area contributed by atoms with Gasteiger partial charge in [0.05, 0.1) is 0 Å². The average Bonchev–Trinajstić information content (AvgIpc) is 3.14. The third-order valence-electron chi connectivity index (χ3n) is 5.56. The molecular formula is C21H24N4O2. The maximum absolute atomic E-state index is 13.0. The molecule has 0 atom stereocenters. The van der Waals surface area contributed by atoms with Gasteiger partial charge in [-0.3, -0.25) is 14.7 Å². The van der Waals surface area contributed by atoms with Crippen molar-refractivity contribution < 1.29 is 9.59 Å². The van der Waals surface area contributed by atoms with Crippen LogP contribution in [0, 0.1) is 6.92 Å². The van der Waals surface area contributed by atoms with E-state index in [1.165, 1.54) is 5.56 Å². The van der Waals surface area contributed by atoms with Crippen LogP contribution in [0.4, 0.5) is 10.5 Å². The highest BCUT2D eigenvalue weighted by Crippen LogP contribution is 2.29. The summed E-state index contributed by atoms with van der Waals surface area (Å²) in [5, 5.41) is 2.81. The number of carbonyl (C=O) groups is 2. The van der Waals surface area contributed by atoms with Crippen molar-refractivity contribution in [3.8, 4) is 0 Å². The molecule has 0 bridgehead atoms. The smallest absolute Gasteiger partial charge is 0.322 e. The van der Waals surface area contributed by atoms with Crippen LogP contribution in [-0.4, -0.2) is 48.0 Å². The second-order valence-electron chi connectivity index (χ2n) is 7.23. The monoisotopic (exact) mass is 364 g/mol. The summed E-state index contributed by atoms with van der Waals surface area (Å²) in [4.78, 5) is 32.7. The molecule has 4 rings (SSSR count). The number of benzene rings is 1. The van der Waals surface area contributed by atoms with Gasteiger partial charge in [-0.25, -0.2) is 4.79 Å². The fourth-order valence-corrected chi connectivity index (χ4v) is 3.97. The van der Waals surface area contributed by atoms with Crippen LogP contribution >= 0.6 is 0 Å². The maximum Gasteiger partial charge on any atom is 0.322 e. The van der Waals surface area contributed by atoms with Gasteiger partial charge >= 0.3 is 6.03 Å². The molecule has 1 aromatic heterocycles. The molecule has 6 heteroatoms. The topological polar surface area (TPSA) is 65.5 Å². The lowest BCUT2D eigenvalue weighted by Crippen LogP contribution is -2.38. The van der Waals surface area contributed by atoms with Crippen LogP contribution in [0.25, 0.3) is 0 Å². The predicted octanol–water partition coefficient (Wildman–Crippen LogP) is 2.94. The zero-order valence-electron chi connectivity index (χ0n) is 15.5. The number of pyridine rings is 1. The molecule has 0 spiro atoms. The van der Waals surface area contributed by atoms with Crippen molar-refractivity contribution in [1.82, 2.24) is 15.2 Å². The van der Waals surface area contributed by atoms with Gasteiger partial charge < -0.3 is 10.2 Å². The Hall–Kier alpha value is -2.89. The van der Waals surface area contributed by atoms with Gasteiger partial charge in [-0.1, -0.05) is 6.07 Å². The lowest BCUT2D eigenvalue weighted by molar-refractivity contribution is 0.0713. The third-order valence-corrected chi connectivity index (χ3v) is 5.56. The number of anilines is 1. The van der Waals surface area contributed by atoms with Crippen molar-refractivity contribution in [2.24, 2.45) is 0 Å². The van der Waals surface area contributed by atoms with Crippen LogP contribution in [0.3, 0.4) is 0 Å². The molecule has 140 valence electrons. The summed E-state index contributed by atoms with van der Waals surface area (Å²) < 4.78 is 0. The molecule has 3 heterocycles. The van der Waals surface area contributed by atoms with E-state index in [4.69, 9.17) is 0 Å². The number of aryl methyl sites for hydroxylation is 1.